The van der Waals surface area contributed by atoms with Crippen molar-refractivity contribution < 1.29 is 13.6 Å². The maximum atomic E-state index is 13.5. The zero-order valence-corrected chi connectivity index (χ0v) is 10.6. The molecule has 0 radical (unpaired) electrons. The molecule has 0 spiro atoms. The van der Waals surface area contributed by atoms with Gasteiger partial charge in [-0.3, -0.25) is 4.84 Å². The second kappa shape index (κ2) is 6.41. The maximum Gasteiger partial charge on any atom is 0.130 e. The van der Waals surface area contributed by atoms with E-state index in [1.807, 2.05) is 30.3 Å². The fraction of sp³-hybridized carbons (Fsp3) is 0.200. The topological polar surface area (TPSA) is 21.3 Å². The molecule has 0 aromatic heterocycles. The van der Waals surface area contributed by atoms with Gasteiger partial charge in [0.2, 0.25) is 0 Å². The summed E-state index contributed by atoms with van der Waals surface area (Å²) in [6.07, 6.45) is 0. The molecule has 0 fully saturated rings. The number of halogens is 2. The molecule has 0 heterocycles. The molecular formula is C15H15F2NO. The molecule has 100 valence electrons. The van der Waals surface area contributed by atoms with Crippen molar-refractivity contribution in [3.8, 4) is 0 Å². The second-order valence-corrected chi connectivity index (χ2v) is 4.25. The Labute approximate surface area is 111 Å². The van der Waals surface area contributed by atoms with Gasteiger partial charge in [-0.05, 0) is 24.6 Å². The Balaban J connectivity index is 1.93. The molecular weight excluding hydrogens is 248 g/mol. The Bertz CT molecular complexity index is 511. The van der Waals surface area contributed by atoms with E-state index in [1.165, 1.54) is 18.2 Å². The van der Waals surface area contributed by atoms with E-state index in [9.17, 15) is 8.78 Å². The van der Waals surface area contributed by atoms with Gasteiger partial charge in [0.1, 0.15) is 11.6 Å². The van der Waals surface area contributed by atoms with Crippen molar-refractivity contribution in [1.29, 1.82) is 0 Å². The summed E-state index contributed by atoms with van der Waals surface area (Å²) < 4.78 is 27.0. The van der Waals surface area contributed by atoms with E-state index in [0.29, 0.717) is 6.61 Å². The molecule has 0 aliphatic carbocycles. The Hall–Kier alpha value is -1.78. The van der Waals surface area contributed by atoms with Crippen LogP contribution in [-0.4, -0.2) is 0 Å². The molecule has 1 unspecified atom stereocenters. The van der Waals surface area contributed by atoms with Crippen molar-refractivity contribution in [2.24, 2.45) is 0 Å². The molecule has 0 saturated carbocycles. The maximum absolute atomic E-state index is 13.5. The van der Waals surface area contributed by atoms with Crippen molar-refractivity contribution in [2.45, 2.75) is 19.6 Å². The first-order valence-corrected chi connectivity index (χ1v) is 6.03. The van der Waals surface area contributed by atoms with E-state index < -0.39 is 17.7 Å². The highest BCUT2D eigenvalue weighted by molar-refractivity contribution is 5.22. The lowest BCUT2D eigenvalue weighted by Crippen LogP contribution is -2.21. The average molecular weight is 263 g/mol. The molecule has 2 rings (SSSR count). The summed E-state index contributed by atoms with van der Waals surface area (Å²) in [5.41, 5.74) is 3.61. The Morgan fingerprint density at radius 2 is 1.63 bits per heavy atom. The lowest BCUT2D eigenvalue weighted by Gasteiger charge is -2.15. The number of benzene rings is 2. The van der Waals surface area contributed by atoms with Crippen molar-refractivity contribution in [3.63, 3.8) is 0 Å². The molecule has 1 atom stereocenters. The number of rotatable bonds is 5. The predicted octanol–water partition coefficient (Wildman–Crippen LogP) is 3.75. The first kappa shape index (κ1) is 13.6. The van der Waals surface area contributed by atoms with Crippen LogP contribution in [0.3, 0.4) is 0 Å². The van der Waals surface area contributed by atoms with Crippen molar-refractivity contribution in [2.75, 3.05) is 0 Å². The highest BCUT2D eigenvalue weighted by Crippen LogP contribution is 2.20. The highest BCUT2D eigenvalue weighted by Gasteiger charge is 2.15. The van der Waals surface area contributed by atoms with Crippen molar-refractivity contribution in [3.05, 3.63) is 71.3 Å². The van der Waals surface area contributed by atoms with Crippen LogP contribution in [0.25, 0.3) is 0 Å². The molecule has 0 amide bonds. The number of hydrogen-bond acceptors (Lipinski definition) is 2. The summed E-state index contributed by atoms with van der Waals surface area (Å²) in [6, 6.07) is 12.8. The van der Waals surface area contributed by atoms with E-state index in [1.54, 1.807) is 6.92 Å². The lowest BCUT2D eigenvalue weighted by atomic mass is 10.1. The van der Waals surface area contributed by atoms with Gasteiger partial charge in [-0.1, -0.05) is 36.4 Å². The summed E-state index contributed by atoms with van der Waals surface area (Å²) in [5, 5.41) is 0. The monoisotopic (exact) mass is 263 g/mol. The molecule has 0 bridgehead atoms. The molecule has 2 aromatic carbocycles. The summed E-state index contributed by atoms with van der Waals surface area (Å²) in [6.45, 7) is 1.98. The van der Waals surface area contributed by atoms with E-state index >= 15 is 0 Å². The van der Waals surface area contributed by atoms with Crippen LogP contribution in [0.2, 0.25) is 0 Å². The molecule has 0 aliphatic rings. The van der Waals surface area contributed by atoms with E-state index in [0.717, 1.165) is 5.56 Å². The molecule has 1 N–H and O–H groups in total. The fourth-order valence-electron chi connectivity index (χ4n) is 1.81. The Morgan fingerprint density at radius 1 is 1.00 bits per heavy atom. The fourth-order valence-corrected chi connectivity index (χ4v) is 1.81. The van der Waals surface area contributed by atoms with Crippen LogP contribution >= 0.6 is 0 Å². The molecule has 0 aliphatic heterocycles. The van der Waals surface area contributed by atoms with Crippen LogP contribution in [0.5, 0.6) is 0 Å². The van der Waals surface area contributed by atoms with Crippen LogP contribution in [0.15, 0.2) is 48.5 Å². The lowest BCUT2D eigenvalue weighted by molar-refractivity contribution is 0.00553. The SMILES string of the molecule is CC(NOCc1ccccc1)c1c(F)cccc1F. The minimum atomic E-state index is -0.580. The minimum Gasteiger partial charge on any atom is -0.296 e. The van der Waals surface area contributed by atoms with Gasteiger partial charge in [-0.15, -0.1) is 0 Å². The van der Waals surface area contributed by atoms with E-state index in [4.69, 9.17) is 4.84 Å². The van der Waals surface area contributed by atoms with Gasteiger partial charge < -0.3 is 0 Å². The van der Waals surface area contributed by atoms with Crippen LogP contribution in [-0.2, 0) is 11.4 Å². The summed E-state index contributed by atoms with van der Waals surface area (Å²) >= 11 is 0. The third-order valence-electron chi connectivity index (χ3n) is 2.77. The zero-order valence-electron chi connectivity index (χ0n) is 10.6. The molecule has 2 aromatic rings. The third kappa shape index (κ3) is 3.59. The van der Waals surface area contributed by atoms with E-state index in [-0.39, 0.29) is 5.56 Å². The zero-order chi connectivity index (χ0) is 13.7. The first-order valence-electron chi connectivity index (χ1n) is 6.03. The second-order valence-electron chi connectivity index (χ2n) is 4.25. The highest BCUT2D eigenvalue weighted by atomic mass is 19.1. The number of hydrogen-bond donors (Lipinski definition) is 1. The van der Waals surface area contributed by atoms with Gasteiger partial charge in [0.25, 0.3) is 0 Å². The molecule has 19 heavy (non-hydrogen) atoms. The summed E-state index contributed by atoms with van der Waals surface area (Å²) in [4.78, 5) is 5.26. The Kier molecular flexibility index (Phi) is 4.60. The third-order valence-corrected chi connectivity index (χ3v) is 2.77. The normalized spacial score (nSPS) is 12.4. The van der Waals surface area contributed by atoms with Gasteiger partial charge in [0, 0.05) is 5.56 Å². The summed E-state index contributed by atoms with van der Waals surface area (Å²) in [5.74, 6) is -1.16. The van der Waals surface area contributed by atoms with Gasteiger partial charge in [0.05, 0.1) is 12.6 Å². The van der Waals surface area contributed by atoms with Gasteiger partial charge in [-0.2, -0.15) is 5.48 Å². The van der Waals surface area contributed by atoms with Gasteiger partial charge in [-0.25, -0.2) is 8.78 Å². The van der Waals surface area contributed by atoms with Gasteiger partial charge in [0.15, 0.2) is 0 Å². The predicted molar refractivity (Wildman–Crippen MR) is 69.1 cm³/mol. The number of nitrogens with one attached hydrogen (secondary N) is 1. The van der Waals surface area contributed by atoms with Crippen molar-refractivity contribution >= 4 is 0 Å². The summed E-state index contributed by atoms with van der Waals surface area (Å²) in [7, 11) is 0. The van der Waals surface area contributed by atoms with Crippen LogP contribution < -0.4 is 5.48 Å². The minimum absolute atomic E-state index is 0.0180. The van der Waals surface area contributed by atoms with Crippen molar-refractivity contribution in [1.82, 2.24) is 5.48 Å². The first-order chi connectivity index (χ1) is 9.18. The molecule has 4 heteroatoms. The quantitative estimate of drug-likeness (QED) is 0.829. The van der Waals surface area contributed by atoms with E-state index in [2.05, 4.69) is 5.48 Å². The van der Waals surface area contributed by atoms with Crippen LogP contribution in [0.1, 0.15) is 24.1 Å². The van der Waals surface area contributed by atoms with Crippen LogP contribution in [0.4, 0.5) is 8.78 Å². The standard InChI is InChI=1S/C15H15F2NO/c1-11(15-13(16)8-5-9-14(15)17)18-19-10-12-6-3-2-4-7-12/h2-9,11,18H,10H2,1H3. The average Bonchev–Trinajstić information content (AvgIpc) is 2.40. The largest absolute Gasteiger partial charge is 0.296 e. The Morgan fingerprint density at radius 3 is 2.26 bits per heavy atom. The van der Waals surface area contributed by atoms with Crippen LogP contribution in [0, 0.1) is 11.6 Å². The molecule has 2 nitrogen and oxygen atoms in total. The van der Waals surface area contributed by atoms with Gasteiger partial charge >= 0.3 is 0 Å². The molecule has 0 saturated heterocycles. The smallest absolute Gasteiger partial charge is 0.130 e. The number of hydroxylamine groups is 1.